The summed E-state index contributed by atoms with van der Waals surface area (Å²) in [4.78, 5) is 12.7. The van der Waals surface area contributed by atoms with E-state index in [1.165, 1.54) is 37.4 Å². The fraction of sp³-hybridized carbons (Fsp3) is 0.0500. The zero-order chi connectivity index (χ0) is 20.1. The van der Waals surface area contributed by atoms with Gasteiger partial charge in [-0.3, -0.25) is 9.52 Å². The smallest absolute Gasteiger partial charge is 0.261 e. The van der Waals surface area contributed by atoms with Crippen LogP contribution in [-0.4, -0.2) is 21.4 Å². The van der Waals surface area contributed by atoms with E-state index in [1.54, 1.807) is 42.5 Å². The molecular formula is C20H17ClN2O4S. The van der Waals surface area contributed by atoms with Gasteiger partial charge in [0.2, 0.25) is 0 Å². The maximum absolute atomic E-state index is 12.5. The molecule has 1 amide bonds. The Labute approximate surface area is 168 Å². The summed E-state index contributed by atoms with van der Waals surface area (Å²) in [6.07, 6.45) is 0. The molecule has 0 unspecified atom stereocenters. The normalized spacial score (nSPS) is 10.9. The number of nitrogens with one attached hydrogen (secondary N) is 2. The number of para-hydroxylation sites is 2. The minimum absolute atomic E-state index is 0.112. The molecule has 0 fully saturated rings. The second kappa shape index (κ2) is 8.33. The molecule has 0 bridgehead atoms. The second-order valence-corrected chi connectivity index (χ2v) is 7.86. The van der Waals surface area contributed by atoms with Crippen molar-refractivity contribution in [1.29, 1.82) is 0 Å². The second-order valence-electron chi connectivity index (χ2n) is 5.77. The fourth-order valence-electron chi connectivity index (χ4n) is 2.51. The summed E-state index contributed by atoms with van der Waals surface area (Å²) in [6.45, 7) is 0. The van der Waals surface area contributed by atoms with E-state index in [0.29, 0.717) is 11.4 Å². The molecule has 0 heterocycles. The summed E-state index contributed by atoms with van der Waals surface area (Å²) in [7, 11) is -2.24. The van der Waals surface area contributed by atoms with Gasteiger partial charge in [-0.2, -0.15) is 0 Å². The molecule has 0 aliphatic heterocycles. The summed E-state index contributed by atoms with van der Waals surface area (Å²) < 4.78 is 32.4. The number of anilines is 2. The molecule has 0 atom stereocenters. The zero-order valence-corrected chi connectivity index (χ0v) is 16.4. The van der Waals surface area contributed by atoms with Gasteiger partial charge in [0, 0.05) is 0 Å². The largest absolute Gasteiger partial charge is 0.495 e. The number of ether oxygens (including phenoxy) is 1. The zero-order valence-electron chi connectivity index (χ0n) is 14.8. The number of hydrogen-bond acceptors (Lipinski definition) is 4. The van der Waals surface area contributed by atoms with Crippen molar-refractivity contribution >= 4 is 38.9 Å². The van der Waals surface area contributed by atoms with Gasteiger partial charge >= 0.3 is 0 Å². The fourth-order valence-corrected chi connectivity index (χ4v) is 3.85. The summed E-state index contributed by atoms with van der Waals surface area (Å²) in [5.41, 5.74) is 0.956. The van der Waals surface area contributed by atoms with Gasteiger partial charge in [0.15, 0.2) is 0 Å². The Balaban J connectivity index is 1.80. The van der Waals surface area contributed by atoms with Crippen LogP contribution in [0, 0.1) is 0 Å². The predicted octanol–water partition coefficient (Wildman–Crippen LogP) is 4.40. The lowest BCUT2D eigenvalue weighted by Gasteiger charge is -2.12. The van der Waals surface area contributed by atoms with Gasteiger partial charge in [-0.05, 0) is 42.5 Å². The van der Waals surface area contributed by atoms with Gasteiger partial charge < -0.3 is 10.1 Å². The third-order valence-electron chi connectivity index (χ3n) is 3.87. The number of methoxy groups -OCH3 is 1. The Bertz CT molecular complexity index is 1100. The molecule has 0 radical (unpaired) electrons. The molecule has 3 aromatic carbocycles. The van der Waals surface area contributed by atoms with E-state index < -0.39 is 15.9 Å². The van der Waals surface area contributed by atoms with E-state index in [0.717, 1.165) is 0 Å². The van der Waals surface area contributed by atoms with Crippen LogP contribution in [0.5, 0.6) is 5.75 Å². The Morgan fingerprint density at radius 3 is 2.32 bits per heavy atom. The van der Waals surface area contributed by atoms with Crippen molar-refractivity contribution in [3.05, 3.63) is 83.4 Å². The van der Waals surface area contributed by atoms with Gasteiger partial charge in [0.25, 0.3) is 15.9 Å². The Kier molecular flexibility index (Phi) is 5.87. The molecule has 0 aliphatic rings. The van der Waals surface area contributed by atoms with Crippen LogP contribution in [0.15, 0.2) is 77.7 Å². The average Bonchev–Trinajstić information content (AvgIpc) is 2.69. The number of rotatable bonds is 6. The van der Waals surface area contributed by atoms with Crippen LogP contribution in [-0.2, 0) is 10.0 Å². The minimum Gasteiger partial charge on any atom is -0.495 e. The van der Waals surface area contributed by atoms with Crippen LogP contribution in [0.25, 0.3) is 0 Å². The minimum atomic E-state index is -3.75. The van der Waals surface area contributed by atoms with Crippen LogP contribution in [0.3, 0.4) is 0 Å². The van der Waals surface area contributed by atoms with Crippen molar-refractivity contribution in [2.24, 2.45) is 0 Å². The van der Waals surface area contributed by atoms with Gasteiger partial charge in [-0.1, -0.05) is 41.9 Å². The molecule has 6 nitrogen and oxygen atoms in total. The number of carbonyl (C=O) groups excluding carboxylic acids is 1. The maximum atomic E-state index is 12.5. The first-order chi connectivity index (χ1) is 13.4. The number of amides is 1. The van der Waals surface area contributed by atoms with Crippen molar-refractivity contribution in [3.8, 4) is 5.75 Å². The highest BCUT2D eigenvalue weighted by molar-refractivity contribution is 7.92. The Morgan fingerprint density at radius 1 is 0.964 bits per heavy atom. The lowest BCUT2D eigenvalue weighted by atomic mass is 10.2. The topological polar surface area (TPSA) is 84.5 Å². The average molecular weight is 417 g/mol. The summed E-state index contributed by atoms with van der Waals surface area (Å²) in [5.74, 6) is 0.0752. The van der Waals surface area contributed by atoms with E-state index in [1.807, 2.05) is 0 Å². The van der Waals surface area contributed by atoms with Crippen molar-refractivity contribution < 1.29 is 17.9 Å². The molecule has 0 saturated heterocycles. The van der Waals surface area contributed by atoms with Crippen molar-refractivity contribution in [1.82, 2.24) is 0 Å². The van der Waals surface area contributed by atoms with Crippen LogP contribution in [0.1, 0.15) is 10.4 Å². The monoisotopic (exact) mass is 416 g/mol. The standard InChI is InChI=1S/C20H17ClN2O4S/c1-27-19-10-6-5-9-18(19)22-20(24)16-12-11-14(13-17(16)21)23-28(25,26)15-7-3-2-4-8-15/h2-13,23H,1H3,(H,22,24). The lowest BCUT2D eigenvalue weighted by molar-refractivity contribution is 0.102. The number of carbonyl (C=O) groups is 1. The SMILES string of the molecule is COc1ccccc1NC(=O)c1ccc(NS(=O)(=O)c2ccccc2)cc1Cl. The molecule has 0 aromatic heterocycles. The highest BCUT2D eigenvalue weighted by Crippen LogP contribution is 2.27. The molecular weight excluding hydrogens is 400 g/mol. The number of halogens is 1. The first-order valence-electron chi connectivity index (χ1n) is 8.22. The summed E-state index contributed by atoms with van der Waals surface area (Å²) in [6, 6.07) is 19.3. The third-order valence-corrected chi connectivity index (χ3v) is 5.58. The van der Waals surface area contributed by atoms with Gasteiger partial charge in [-0.25, -0.2) is 8.42 Å². The molecule has 28 heavy (non-hydrogen) atoms. The van der Waals surface area contributed by atoms with Crippen LogP contribution >= 0.6 is 11.6 Å². The Morgan fingerprint density at radius 2 is 1.64 bits per heavy atom. The van der Waals surface area contributed by atoms with Gasteiger partial charge in [0.05, 0.1) is 34.0 Å². The van der Waals surface area contributed by atoms with E-state index in [4.69, 9.17) is 16.3 Å². The number of hydrogen-bond donors (Lipinski definition) is 2. The van der Waals surface area contributed by atoms with E-state index in [9.17, 15) is 13.2 Å². The highest BCUT2D eigenvalue weighted by atomic mass is 35.5. The molecule has 0 spiro atoms. The molecule has 8 heteroatoms. The van der Waals surface area contributed by atoms with Crippen LogP contribution < -0.4 is 14.8 Å². The first-order valence-corrected chi connectivity index (χ1v) is 10.1. The molecule has 2 N–H and O–H groups in total. The number of sulfonamides is 1. The maximum Gasteiger partial charge on any atom is 0.261 e. The van der Waals surface area contributed by atoms with Crippen molar-refractivity contribution in [2.75, 3.05) is 17.1 Å². The van der Waals surface area contributed by atoms with E-state index in [2.05, 4.69) is 10.0 Å². The highest BCUT2D eigenvalue weighted by Gasteiger charge is 2.17. The van der Waals surface area contributed by atoms with Crippen LogP contribution in [0.2, 0.25) is 5.02 Å². The summed E-state index contributed by atoms with van der Waals surface area (Å²) in [5, 5.41) is 2.84. The third kappa shape index (κ3) is 4.44. The predicted molar refractivity (Wildman–Crippen MR) is 110 cm³/mol. The molecule has 0 saturated carbocycles. The van der Waals surface area contributed by atoms with E-state index >= 15 is 0 Å². The van der Waals surface area contributed by atoms with Gasteiger partial charge in [-0.15, -0.1) is 0 Å². The van der Waals surface area contributed by atoms with Crippen molar-refractivity contribution in [3.63, 3.8) is 0 Å². The molecule has 3 aromatic rings. The molecule has 0 aliphatic carbocycles. The van der Waals surface area contributed by atoms with Crippen molar-refractivity contribution in [2.45, 2.75) is 4.90 Å². The van der Waals surface area contributed by atoms with Crippen LogP contribution in [0.4, 0.5) is 11.4 Å². The van der Waals surface area contributed by atoms with E-state index in [-0.39, 0.29) is 21.2 Å². The quantitative estimate of drug-likeness (QED) is 0.623. The lowest BCUT2D eigenvalue weighted by Crippen LogP contribution is -2.15. The van der Waals surface area contributed by atoms with Gasteiger partial charge in [0.1, 0.15) is 5.75 Å². The number of benzene rings is 3. The Hall–Kier alpha value is -3.03. The molecule has 3 rings (SSSR count). The summed E-state index contributed by atoms with van der Waals surface area (Å²) >= 11 is 6.21. The first kappa shape index (κ1) is 19.7. The molecule has 144 valence electrons.